The average molecular weight is 402 g/mol. The van der Waals surface area contributed by atoms with Crippen LogP contribution in [0.5, 0.6) is 0 Å². The molecule has 29 heavy (non-hydrogen) atoms. The highest BCUT2D eigenvalue weighted by Gasteiger charge is 2.30. The normalized spacial score (nSPS) is 17.1. The van der Waals surface area contributed by atoms with Gasteiger partial charge in [0, 0.05) is 12.0 Å². The van der Waals surface area contributed by atoms with Crippen LogP contribution in [0.15, 0.2) is 60.2 Å². The van der Waals surface area contributed by atoms with Crippen LogP contribution in [0.1, 0.15) is 29.5 Å². The second-order valence-electron chi connectivity index (χ2n) is 6.52. The molecule has 0 saturated heterocycles. The van der Waals surface area contributed by atoms with Gasteiger partial charge in [0.15, 0.2) is 5.78 Å². The van der Waals surface area contributed by atoms with Gasteiger partial charge in [0.25, 0.3) is 0 Å². The van der Waals surface area contributed by atoms with Crippen molar-refractivity contribution in [1.82, 2.24) is 0 Å². The van der Waals surface area contributed by atoms with Gasteiger partial charge in [0.05, 0.1) is 16.7 Å². The molecule has 0 amide bonds. The molecule has 1 atom stereocenters. The van der Waals surface area contributed by atoms with Crippen molar-refractivity contribution < 1.29 is 26.7 Å². The van der Waals surface area contributed by atoms with Crippen LogP contribution in [0.25, 0.3) is 6.08 Å². The summed E-state index contributed by atoms with van der Waals surface area (Å²) < 4.78 is 65.0. The van der Waals surface area contributed by atoms with Crippen LogP contribution >= 0.6 is 0 Å². The maximum atomic E-state index is 13.7. The van der Waals surface area contributed by atoms with Crippen molar-refractivity contribution >= 4 is 11.9 Å². The van der Waals surface area contributed by atoms with E-state index in [0.717, 1.165) is 18.2 Å². The largest absolute Gasteiger partial charge is 0.416 e. The van der Waals surface area contributed by atoms with Crippen molar-refractivity contribution in [1.29, 1.82) is 0 Å². The number of halogens is 5. The number of hydrogen-bond acceptors (Lipinski definition) is 1. The van der Waals surface area contributed by atoms with Gasteiger partial charge in [-0.25, -0.2) is 8.78 Å². The highest BCUT2D eigenvalue weighted by molar-refractivity contribution is 6.03. The highest BCUT2D eigenvalue weighted by atomic mass is 19.4. The molecule has 6 heteroatoms. The summed E-state index contributed by atoms with van der Waals surface area (Å²) in [6.45, 7) is 0. The molecule has 2 aromatic carbocycles. The predicted molar refractivity (Wildman–Crippen MR) is 99.5 cm³/mol. The van der Waals surface area contributed by atoms with Gasteiger partial charge in [-0.1, -0.05) is 42.2 Å². The van der Waals surface area contributed by atoms with Crippen LogP contribution in [0.3, 0.4) is 0 Å². The van der Waals surface area contributed by atoms with Gasteiger partial charge in [-0.2, -0.15) is 13.2 Å². The summed E-state index contributed by atoms with van der Waals surface area (Å²) >= 11 is 0. The van der Waals surface area contributed by atoms with E-state index in [0.29, 0.717) is 24.5 Å². The van der Waals surface area contributed by atoms with Gasteiger partial charge in [-0.05, 0) is 42.7 Å². The van der Waals surface area contributed by atoms with Crippen LogP contribution in [0, 0.1) is 29.4 Å². The van der Waals surface area contributed by atoms with Crippen molar-refractivity contribution in [2.75, 3.05) is 0 Å². The molecular formula is C23H15F5O. The van der Waals surface area contributed by atoms with Gasteiger partial charge < -0.3 is 0 Å². The summed E-state index contributed by atoms with van der Waals surface area (Å²) in [6, 6.07) is 7.79. The van der Waals surface area contributed by atoms with E-state index in [2.05, 4.69) is 11.8 Å². The van der Waals surface area contributed by atoms with E-state index in [9.17, 15) is 26.7 Å². The number of carbonyl (C=O) groups is 1. The quantitative estimate of drug-likeness (QED) is 0.448. The number of rotatable bonds is 2. The van der Waals surface area contributed by atoms with Crippen molar-refractivity contribution in [3.05, 3.63) is 88.5 Å². The molecule has 0 aliphatic heterocycles. The van der Waals surface area contributed by atoms with Crippen LogP contribution in [0.2, 0.25) is 0 Å². The molecule has 0 saturated carbocycles. The third-order valence-electron chi connectivity index (χ3n) is 4.43. The zero-order chi connectivity index (χ0) is 21.0. The number of ketones is 1. The van der Waals surface area contributed by atoms with E-state index in [1.807, 2.05) is 0 Å². The first kappa shape index (κ1) is 20.5. The van der Waals surface area contributed by atoms with Crippen LogP contribution in [-0.4, -0.2) is 5.78 Å². The molecule has 0 N–H and O–H groups in total. The first-order valence-electron chi connectivity index (χ1n) is 8.81. The molecule has 1 aliphatic rings. The molecule has 0 heterocycles. The molecule has 1 nitrogen and oxygen atoms in total. The zero-order valence-corrected chi connectivity index (χ0v) is 15.1. The smallest absolute Gasteiger partial charge is 0.293 e. The molecule has 3 rings (SSSR count). The number of Topliss-reactive ketones (excluding diaryl/α,β-unsaturated/α-hetero) is 1. The summed E-state index contributed by atoms with van der Waals surface area (Å²) in [6.07, 6.45) is 1.30. The van der Waals surface area contributed by atoms with Crippen molar-refractivity contribution in [3.63, 3.8) is 0 Å². The Morgan fingerprint density at radius 2 is 1.83 bits per heavy atom. The first-order valence-corrected chi connectivity index (χ1v) is 8.81. The predicted octanol–water partition coefficient (Wildman–Crippen LogP) is 5.95. The lowest BCUT2D eigenvalue weighted by Crippen LogP contribution is -2.17. The van der Waals surface area contributed by atoms with Crippen LogP contribution in [-0.2, 0) is 11.0 Å². The van der Waals surface area contributed by atoms with Gasteiger partial charge in [-0.15, -0.1) is 0 Å². The Kier molecular flexibility index (Phi) is 5.97. The molecular weight excluding hydrogens is 387 g/mol. The fourth-order valence-electron chi connectivity index (χ4n) is 2.91. The number of carbonyl (C=O) groups excluding carboxylic acids is 1. The number of alkyl halides is 3. The third-order valence-corrected chi connectivity index (χ3v) is 4.43. The van der Waals surface area contributed by atoms with Crippen molar-refractivity contribution in [3.8, 4) is 11.8 Å². The Morgan fingerprint density at radius 3 is 2.55 bits per heavy atom. The van der Waals surface area contributed by atoms with Gasteiger partial charge >= 0.3 is 6.18 Å². The Bertz CT molecular complexity index is 1050. The summed E-state index contributed by atoms with van der Waals surface area (Å²) in [4.78, 5) is 12.6. The molecule has 148 valence electrons. The van der Waals surface area contributed by atoms with Gasteiger partial charge in [0.2, 0.25) is 0 Å². The standard InChI is InChI=1S/C23H15F5O/c24-20-12-11-16(21(25)14-20)9-10-18-5-2-4-17(22(18)29)8-7-15-3-1-6-19(13-15)23(26,27)28/h1,3,5-8,11-14,17H,2,4H2/b8-7+. The molecule has 0 fully saturated rings. The van der Waals surface area contributed by atoms with E-state index in [4.69, 9.17) is 0 Å². The lowest BCUT2D eigenvalue weighted by atomic mass is 9.87. The minimum absolute atomic E-state index is 0.0262. The van der Waals surface area contributed by atoms with E-state index in [-0.39, 0.29) is 16.9 Å². The monoisotopic (exact) mass is 402 g/mol. The summed E-state index contributed by atoms with van der Waals surface area (Å²) in [5, 5.41) is 0. The van der Waals surface area contributed by atoms with E-state index < -0.39 is 29.3 Å². The van der Waals surface area contributed by atoms with E-state index in [1.165, 1.54) is 24.3 Å². The Labute approximate surface area is 164 Å². The summed E-state index contributed by atoms with van der Waals surface area (Å²) in [5.74, 6) is 2.80. The minimum atomic E-state index is -4.44. The minimum Gasteiger partial charge on any atom is -0.293 e. The topological polar surface area (TPSA) is 17.1 Å². The van der Waals surface area contributed by atoms with Gasteiger partial charge in [0.1, 0.15) is 11.6 Å². The second-order valence-corrected chi connectivity index (χ2v) is 6.52. The summed E-state index contributed by atoms with van der Waals surface area (Å²) in [5.41, 5.74) is -0.244. The first-order chi connectivity index (χ1) is 13.7. The molecule has 0 aromatic heterocycles. The molecule has 0 spiro atoms. The Morgan fingerprint density at radius 1 is 1.03 bits per heavy atom. The lowest BCUT2D eigenvalue weighted by Gasteiger charge is -2.15. The van der Waals surface area contributed by atoms with Gasteiger partial charge in [-0.3, -0.25) is 4.79 Å². The zero-order valence-electron chi connectivity index (χ0n) is 15.1. The lowest BCUT2D eigenvalue weighted by molar-refractivity contribution is -0.137. The fraction of sp³-hybridized carbons (Fsp3) is 0.174. The van der Waals surface area contributed by atoms with Crippen molar-refractivity contribution in [2.24, 2.45) is 5.92 Å². The number of benzene rings is 2. The highest BCUT2D eigenvalue weighted by Crippen LogP contribution is 2.30. The molecule has 2 aromatic rings. The average Bonchev–Trinajstić information content (AvgIpc) is 2.67. The van der Waals surface area contributed by atoms with Crippen molar-refractivity contribution in [2.45, 2.75) is 19.0 Å². The number of hydrogen-bond donors (Lipinski definition) is 0. The van der Waals surface area contributed by atoms with Crippen LogP contribution < -0.4 is 0 Å². The SMILES string of the molecule is O=C1C(C#Cc2ccc(F)cc2F)=CCCC1/C=C/c1cccc(C(F)(F)F)c1. The second kappa shape index (κ2) is 8.44. The maximum absolute atomic E-state index is 13.7. The summed E-state index contributed by atoms with van der Waals surface area (Å²) in [7, 11) is 0. The maximum Gasteiger partial charge on any atom is 0.416 e. The molecule has 1 unspecified atom stereocenters. The Balaban J connectivity index is 1.76. The molecule has 0 radical (unpaired) electrons. The molecule has 1 aliphatic carbocycles. The fourth-order valence-corrected chi connectivity index (χ4v) is 2.91. The Hall–Kier alpha value is -3.20. The van der Waals surface area contributed by atoms with Crippen LogP contribution in [0.4, 0.5) is 22.0 Å². The van der Waals surface area contributed by atoms with E-state index in [1.54, 1.807) is 12.2 Å². The van der Waals surface area contributed by atoms with E-state index >= 15 is 0 Å². The third kappa shape index (κ3) is 5.20. The number of allylic oxidation sites excluding steroid dienone is 3. The molecule has 0 bridgehead atoms.